The van der Waals surface area contributed by atoms with Gasteiger partial charge in [0, 0.05) is 38.3 Å². The lowest BCUT2D eigenvalue weighted by molar-refractivity contribution is -0.127. The van der Waals surface area contributed by atoms with Gasteiger partial charge in [0.05, 0.1) is 11.4 Å². The number of nitrogens with one attached hydrogen (secondary N) is 1. The van der Waals surface area contributed by atoms with Crippen LogP contribution < -0.4 is 5.32 Å². The molecule has 114 valence electrons. The lowest BCUT2D eigenvalue weighted by atomic mass is 10.3. The fourth-order valence-electron chi connectivity index (χ4n) is 1.98. The molecule has 2 aromatic heterocycles. The second-order valence-electron chi connectivity index (χ2n) is 5.12. The smallest absolute Gasteiger partial charge is 0.232 e. The minimum Gasteiger partial charge on any atom is -0.344 e. The number of hydrogen-bond acceptors (Lipinski definition) is 4. The van der Waals surface area contributed by atoms with Gasteiger partial charge < -0.3 is 14.6 Å². The minimum absolute atomic E-state index is 0.162. The third kappa shape index (κ3) is 4.47. The van der Waals surface area contributed by atoms with Crippen molar-refractivity contribution in [2.75, 3.05) is 32.9 Å². The molecule has 0 aliphatic rings. The first-order valence-corrected chi connectivity index (χ1v) is 8.16. The van der Waals surface area contributed by atoms with Crippen molar-refractivity contribution < 1.29 is 4.79 Å². The van der Waals surface area contributed by atoms with Crippen LogP contribution in [0, 0.1) is 6.92 Å². The third-order valence-corrected chi connectivity index (χ3v) is 4.20. The van der Waals surface area contributed by atoms with Gasteiger partial charge in [-0.1, -0.05) is 6.07 Å². The molecular weight excluding hydrogens is 284 g/mol. The number of imidazole rings is 1. The van der Waals surface area contributed by atoms with Crippen molar-refractivity contribution in [1.29, 1.82) is 0 Å². The highest BCUT2D eigenvalue weighted by Crippen LogP contribution is 2.14. The molecule has 0 saturated carbocycles. The van der Waals surface area contributed by atoms with Crippen LogP contribution in [0.15, 0.2) is 24.5 Å². The number of nitrogens with zero attached hydrogens (tertiary/aromatic N) is 3. The molecule has 0 atom stereocenters. The zero-order valence-corrected chi connectivity index (χ0v) is 13.6. The van der Waals surface area contributed by atoms with Crippen LogP contribution >= 0.6 is 11.8 Å². The molecule has 2 heterocycles. The van der Waals surface area contributed by atoms with Crippen molar-refractivity contribution >= 4 is 23.3 Å². The average Bonchev–Trinajstić information content (AvgIpc) is 2.86. The van der Waals surface area contributed by atoms with Crippen LogP contribution in [-0.2, 0) is 10.5 Å². The largest absolute Gasteiger partial charge is 0.344 e. The number of amides is 1. The lowest BCUT2D eigenvalue weighted by Crippen LogP contribution is -2.33. The molecule has 2 aromatic rings. The Morgan fingerprint density at radius 2 is 2.24 bits per heavy atom. The molecule has 0 bridgehead atoms. The number of hydrogen-bond donors (Lipinski definition) is 1. The van der Waals surface area contributed by atoms with Crippen LogP contribution in [-0.4, -0.2) is 53.1 Å². The van der Waals surface area contributed by atoms with Crippen LogP contribution in [0.5, 0.6) is 0 Å². The summed E-state index contributed by atoms with van der Waals surface area (Å²) in [6.07, 6.45) is 4.09. The molecule has 0 fully saturated rings. The van der Waals surface area contributed by atoms with Gasteiger partial charge in [-0.15, -0.1) is 11.8 Å². The second-order valence-corrected chi connectivity index (χ2v) is 6.10. The molecule has 6 heteroatoms. The number of pyridine rings is 1. The van der Waals surface area contributed by atoms with Crippen LogP contribution in [0.3, 0.4) is 0 Å². The molecule has 2 rings (SSSR count). The normalized spacial score (nSPS) is 11.0. The first-order chi connectivity index (χ1) is 10.1. The van der Waals surface area contributed by atoms with E-state index in [-0.39, 0.29) is 5.91 Å². The van der Waals surface area contributed by atoms with Crippen molar-refractivity contribution in [3.63, 3.8) is 0 Å². The number of rotatable bonds is 7. The van der Waals surface area contributed by atoms with Gasteiger partial charge in [-0.3, -0.25) is 4.79 Å². The van der Waals surface area contributed by atoms with E-state index in [2.05, 4.69) is 29.5 Å². The maximum Gasteiger partial charge on any atom is 0.232 e. The van der Waals surface area contributed by atoms with Crippen molar-refractivity contribution in [3.8, 4) is 0 Å². The topological polar surface area (TPSA) is 49.6 Å². The summed E-state index contributed by atoms with van der Waals surface area (Å²) in [5.74, 6) is 1.41. The van der Waals surface area contributed by atoms with Crippen molar-refractivity contribution in [1.82, 2.24) is 19.6 Å². The maximum absolute atomic E-state index is 11.9. The second kappa shape index (κ2) is 7.47. The number of aromatic nitrogens is 2. The number of carbonyl (C=O) groups is 1. The van der Waals surface area contributed by atoms with E-state index >= 15 is 0 Å². The molecule has 0 saturated heterocycles. The number of thioether (sulfide) groups is 1. The van der Waals surface area contributed by atoms with E-state index in [0.717, 1.165) is 30.2 Å². The molecule has 0 unspecified atom stereocenters. The first-order valence-electron chi connectivity index (χ1n) is 7.00. The van der Waals surface area contributed by atoms with Gasteiger partial charge in [0.25, 0.3) is 0 Å². The Balaban J connectivity index is 1.83. The summed E-state index contributed by atoms with van der Waals surface area (Å²) < 4.78 is 2.03. The summed E-state index contributed by atoms with van der Waals surface area (Å²) in [6, 6.07) is 4.07. The summed E-state index contributed by atoms with van der Waals surface area (Å²) in [5.41, 5.74) is 3.17. The molecular formula is C15H22N4OS. The number of likely N-dealkylation sites (N-methyl/N-ethyl adjacent to an activating group) is 2. The van der Waals surface area contributed by atoms with Gasteiger partial charge in [-0.2, -0.15) is 0 Å². The Morgan fingerprint density at radius 3 is 3.00 bits per heavy atom. The summed E-state index contributed by atoms with van der Waals surface area (Å²) in [4.78, 5) is 18.2. The Kier molecular flexibility index (Phi) is 5.64. The lowest BCUT2D eigenvalue weighted by Gasteiger charge is -2.16. The zero-order valence-electron chi connectivity index (χ0n) is 12.8. The van der Waals surface area contributed by atoms with E-state index < -0.39 is 0 Å². The maximum atomic E-state index is 11.9. The van der Waals surface area contributed by atoms with Gasteiger partial charge in [0.2, 0.25) is 5.91 Å². The molecule has 0 spiro atoms. The fraction of sp³-hybridized carbons (Fsp3) is 0.467. The van der Waals surface area contributed by atoms with Gasteiger partial charge in [0.15, 0.2) is 0 Å². The predicted octanol–water partition coefficient (Wildman–Crippen LogP) is 1.55. The Bertz CT molecular complexity index is 611. The molecule has 0 aromatic carbocycles. The van der Waals surface area contributed by atoms with Crippen LogP contribution in [0.4, 0.5) is 0 Å². The molecule has 0 aliphatic carbocycles. The van der Waals surface area contributed by atoms with E-state index in [1.807, 2.05) is 30.8 Å². The van der Waals surface area contributed by atoms with Gasteiger partial charge >= 0.3 is 0 Å². The average molecular weight is 306 g/mol. The summed E-state index contributed by atoms with van der Waals surface area (Å²) >= 11 is 1.61. The first kappa shape index (κ1) is 15.9. The summed E-state index contributed by atoms with van der Waals surface area (Å²) in [7, 11) is 3.73. The van der Waals surface area contributed by atoms with Crippen molar-refractivity contribution in [3.05, 3.63) is 35.8 Å². The van der Waals surface area contributed by atoms with Crippen LogP contribution in [0.1, 0.15) is 11.3 Å². The van der Waals surface area contributed by atoms with Gasteiger partial charge in [-0.05, 0) is 25.6 Å². The van der Waals surface area contributed by atoms with Crippen LogP contribution in [0.25, 0.3) is 5.65 Å². The molecule has 1 amide bonds. The number of fused-ring (bicyclic) bond motifs is 1. The summed E-state index contributed by atoms with van der Waals surface area (Å²) in [5, 5.41) is 3.04. The molecule has 21 heavy (non-hydrogen) atoms. The zero-order chi connectivity index (χ0) is 15.2. The predicted molar refractivity (Wildman–Crippen MR) is 87.7 cm³/mol. The summed E-state index contributed by atoms with van der Waals surface area (Å²) in [6.45, 7) is 3.62. The monoisotopic (exact) mass is 306 g/mol. The van der Waals surface area contributed by atoms with Crippen LogP contribution in [0.2, 0.25) is 0 Å². The van der Waals surface area contributed by atoms with Gasteiger partial charge in [0.1, 0.15) is 5.65 Å². The highest BCUT2D eigenvalue weighted by molar-refractivity contribution is 7.99. The molecule has 1 N–H and O–H groups in total. The number of aryl methyl sites for hydroxylation is 1. The molecule has 0 aliphatic heterocycles. The van der Waals surface area contributed by atoms with E-state index in [1.165, 1.54) is 5.56 Å². The SMILES string of the molecule is CNCCN(C)C(=O)CSCc1cn2cc(C)ccc2n1. The van der Waals surface area contributed by atoms with Gasteiger partial charge in [-0.25, -0.2) is 4.98 Å². The third-order valence-electron chi connectivity index (χ3n) is 3.25. The van der Waals surface area contributed by atoms with E-state index in [1.54, 1.807) is 16.7 Å². The van der Waals surface area contributed by atoms with E-state index in [0.29, 0.717) is 5.75 Å². The molecule has 0 radical (unpaired) electrons. The standard InChI is InChI=1S/C15H22N4OS/c1-12-4-5-14-17-13(9-19(14)8-12)10-21-11-15(20)18(3)7-6-16-2/h4-5,8-9,16H,6-7,10-11H2,1-3H3. The highest BCUT2D eigenvalue weighted by atomic mass is 32.2. The quantitative estimate of drug-likeness (QED) is 0.843. The van der Waals surface area contributed by atoms with Crippen molar-refractivity contribution in [2.24, 2.45) is 0 Å². The van der Waals surface area contributed by atoms with E-state index in [9.17, 15) is 4.79 Å². The highest BCUT2D eigenvalue weighted by Gasteiger charge is 2.09. The Labute approximate surface area is 129 Å². The Hall–Kier alpha value is -1.53. The van der Waals surface area contributed by atoms with Crippen molar-refractivity contribution in [2.45, 2.75) is 12.7 Å². The minimum atomic E-state index is 0.162. The van der Waals surface area contributed by atoms with E-state index in [4.69, 9.17) is 0 Å². The molecule has 5 nitrogen and oxygen atoms in total. The number of carbonyl (C=O) groups excluding carboxylic acids is 1. The Morgan fingerprint density at radius 1 is 1.43 bits per heavy atom. The fourth-order valence-corrected chi connectivity index (χ4v) is 2.83.